The molecule has 3 unspecified atom stereocenters. The molecule has 2 fully saturated rings. The van der Waals surface area contributed by atoms with E-state index in [-0.39, 0.29) is 0 Å². The van der Waals surface area contributed by atoms with Crippen LogP contribution in [0.5, 0.6) is 5.75 Å². The Labute approximate surface area is 117 Å². The van der Waals surface area contributed by atoms with Gasteiger partial charge in [-0.2, -0.15) is 0 Å². The minimum atomic E-state index is 0.352. The molecule has 0 bridgehead atoms. The van der Waals surface area contributed by atoms with Crippen LogP contribution in [0.4, 0.5) is 0 Å². The van der Waals surface area contributed by atoms with Crippen LogP contribution >= 0.6 is 0 Å². The van der Waals surface area contributed by atoms with Gasteiger partial charge in [0.05, 0.1) is 26.1 Å². The first-order chi connectivity index (χ1) is 9.01. The summed E-state index contributed by atoms with van der Waals surface area (Å²) >= 11 is 0. The molecule has 0 radical (unpaired) electrons. The summed E-state index contributed by atoms with van der Waals surface area (Å²) in [5.41, 5.74) is 2.29. The van der Waals surface area contributed by atoms with E-state index in [4.69, 9.17) is 4.74 Å². The summed E-state index contributed by atoms with van der Waals surface area (Å²) in [7, 11) is 4.19. The van der Waals surface area contributed by atoms with E-state index >= 15 is 0 Å². The lowest BCUT2D eigenvalue weighted by atomic mass is 9.67. The van der Waals surface area contributed by atoms with Crippen molar-refractivity contribution in [3.8, 4) is 5.75 Å². The van der Waals surface area contributed by atoms with Crippen LogP contribution in [-0.4, -0.2) is 37.3 Å². The van der Waals surface area contributed by atoms with Gasteiger partial charge in [-0.15, -0.1) is 0 Å². The molecule has 0 spiro atoms. The molecular formula is C17H26NO+. The van der Waals surface area contributed by atoms with E-state index in [1.54, 1.807) is 7.11 Å². The average Bonchev–Trinajstić information content (AvgIpc) is 2.91. The van der Waals surface area contributed by atoms with Crippen LogP contribution in [-0.2, 0) is 5.41 Å². The Kier molecular flexibility index (Phi) is 2.72. The van der Waals surface area contributed by atoms with Gasteiger partial charge >= 0.3 is 0 Å². The first-order valence-electron chi connectivity index (χ1n) is 7.50. The van der Waals surface area contributed by atoms with Crippen molar-refractivity contribution in [1.29, 1.82) is 0 Å². The molecule has 2 aliphatic rings. The average molecular weight is 260 g/mol. The van der Waals surface area contributed by atoms with Crippen LogP contribution < -0.4 is 4.74 Å². The molecule has 1 aromatic rings. The summed E-state index contributed by atoms with van der Waals surface area (Å²) in [4.78, 5) is 0. The third-order valence-corrected chi connectivity index (χ3v) is 6.11. The Bertz CT molecular complexity index is 492. The quantitative estimate of drug-likeness (QED) is 0.596. The molecule has 19 heavy (non-hydrogen) atoms. The molecule has 0 amide bonds. The number of rotatable bonds is 4. The molecule has 2 saturated heterocycles. The Morgan fingerprint density at radius 1 is 1.37 bits per heavy atom. The van der Waals surface area contributed by atoms with Crippen LogP contribution in [0.25, 0.3) is 0 Å². The van der Waals surface area contributed by atoms with Crippen molar-refractivity contribution in [1.82, 2.24) is 0 Å². The first-order valence-corrected chi connectivity index (χ1v) is 7.50. The van der Waals surface area contributed by atoms with Crippen molar-refractivity contribution in [3.63, 3.8) is 0 Å². The molecular weight excluding hydrogens is 234 g/mol. The largest absolute Gasteiger partial charge is 0.497 e. The van der Waals surface area contributed by atoms with Crippen molar-refractivity contribution in [3.05, 3.63) is 29.8 Å². The number of hydrogen-bond acceptors (Lipinski definition) is 1. The summed E-state index contributed by atoms with van der Waals surface area (Å²) in [6.45, 7) is 7.48. The normalized spacial score (nSPS) is 40.0. The van der Waals surface area contributed by atoms with Crippen LogP contribution in [0.1, 0.15) is 38.7 Å². The standard InChI is InChI=1S/C17H26NO/c1-5-9-17(10-11-18(3)13-16(17,18)2)14-7-6-8-15(12-14)19-4/h6-8,12H,5,9-11,13H2,1-4H3/q+1. The van der Waals surface area contributed by atoms with Gasteiger partial charge in [0.25, 0.3) is 0 Å². The highest BCUT2D eigenvalue weighted by molar-refractivity contribution is 5.39. The summed E-state index contributed by atoms with van der Waals surface area (Å²) in [5, 5.41) is 0. The predicted octanol–water partition coefficient (Wildman–Crippen LogP) is 3.36. The molecule has 2 heteroatoms. The fourth-order valence-corrected chi connectivity index (χ4v) is 4.69. The number of methoxy groups -OCH3 is 1. The number of benzene rings is 1. The zero-order chi connectivity index (χ0) is 13.7. The molecule has 3 atom stereocenters. The highest BCUT2D eigenvalue weighted by Gasteiger charge is 2.78. The maximum Gasteiger partial charge on any atom is 0.156 e. The van der Waals surface area contributed by atoms with Crippen molar-refractivity contribution >= 4 is 0 Å². The van der Waals surface area contributed by atoms with Gasteiger partial charge in [0, 0.05) is 6.42 Å². The second kappa shape index (κ2) is 3.99. The molecule has 0 aliphatic carbocycles. The SMILES string of the molecule is CCCC1(c2cccc(OC)c2)CC[N+]2(C)CC12C. The van der Waals surface area contributed by atoms with Gasteiger partial charge in [0.1, 0.15) is 12.3 Å². The second-order valence-electron chi connectivity index (χ2n) is 6.87. The fourth-order valence-electron chi connectivity index (χ4n) is 4.69. The molecule has 104 valence electrons. The summed E-state index contributed by atoms with van der Waals surface area (Å²) in [6.07, 6.45) is 3.87. The lowest BCUT2D eigenvalue weighted by Crippen LogP contribution is -2.40. The monoisotopic (exact) mass is 260 g/mol. The molecule has 0 N–H and O–H groups in total. The summed E-state index contributed by atoms with van der Waals surface area (Å²) in [6, 6.07) is 8.80. The van der Waals surface area contributed by atoms with Gasteiger partial charge in [0.15, 0.2) is 5.54 Å². The molecule has 0 saturated carbocycles. The van der Waals surface area contributed by atoms with Crippen molar-refractivity contribution in [2.75, 3.05) is 27.2 Å². The van der Waals surface area contributed by atoms with E-state index in [1.807, 2.05) is 0 Å². The Morgan fingerprint density at radius 2 is 2.16 bits per heavy atom. The first kappa shape index (κ1) is 13.0. The van der Waals surface area contributed by atoms with Gasteiger partial charge in [-0.05, 0) is 31.0 Å². The van der Waals surface area contributed by atoms with E-state index in [0.717, 1.165) is 5.75 Å². The Morgan fingerprint density at radius 3 is 2.68 bits per heavy atom. The highest BCUT2D eigenvalue weighted by Crippen LogP contribution is 2.63. The van der Waals surface area contributed by atoms with E-state index in [2.05, 4.69) is 45.2 Å². The van der Waals surface area contributed by atoms with Gasteiger partial charge in [-0.25, -0.2) is 0 Å². The molecule has 2 nitrogen and oxygen atoms in total. The van der Waals surface area contributed by atoms with Crippen molar-refractivity contribution < 1.29 is 9.22 Å². The maximum atomic E-state index is 5.44. The van der Waals surface area contributed by atoms with Crippen molar-refractivity contribution in [2.24, 2.45) is 0 Å². The lowest BCUT2D eigenvalue weighted by Gasteiger charge is -2.33. The van der Waals surface area contributed by atoms with Gasteiger partial charge < -0.3 is 9.22 Å². The summed E-state index contributed by atoms with van der Waals surface area (Å²) in [5.74, 6) is 0.998. The topological polar surface area (TPSA) is 9.23 Å². The minimum absolute atomic E-state index is 0.352. The van der Waals surface area contributed by atoms with Crippen LogP contribution in [0.15, 0.2) is 24.3 Å². The minimum Gasteiger partial charge on any atom is -0.497 e. The molecule has 0 aromatic heterocycles. The van der Waals surface area contributed by atoms with E-state index in [1.165, 1.54) is 42.4 Å². The van der Waals surface area contributed by atoms with E-state index in [0.29, 0.717) is 11.0 Å². The number of ether oxygens (including phenoxy) is 1. The maximum absolute atomic E-state index is 5.44. The molecule has 3 rings (SSSR count). The smallest absolute Gasteiger partial charge is 0.156 e. The fraction of sp³-hybridized carbons (Fsp3) is 0.647. The van der Waals surface area contributed by atoms with Gasteiger partial charge in [-0.3, -0.25) is 0 Å². The van der Waals surface area contributed by atoms with Crippen LogP contribution in [0, 0.1) is 0 Å². The third kappa shape index (κ3) is 1.53. The number of nitrogens with zero attached hydrogens (tertiary/aromatic N) is 1. The van der Waals surface area contributed by atoms with Crippen molar-refractivity contribution in [2.45, 2.75) is 44.1 Å². The Hall–Kier alpha value is -1.02. The number of quaternary nitrogens is 1. The molecule has 2 heterocycles. The predicted molar refractivity (Wildman–Crippen MR) is 78.5 cm³/mol. The van der Waals surface area contributed by atoms with E-state index in [9.17, 15) is 0 Å². The van der Waals surface area contributed by atoms with E-state index < -0.39 is 0 Å². The third-order valence-electron chi connectivity index (χ3n) is 6.11. The number of fused-ring (bicyclic) bond motifs is 1. The molecule has 1 aromatic carbocycles. The van der Waals surface area contributed by atoms with Gasteiger partial charge in [-0.1, -0.05) is 25.5 Å². The zero-order valence-electron chi connectivity index (χ0n) is 12.7. The molecule has 2 aliphatic heterocycles. The van der Waals surface area contributed by atoms with Gasteiger partial charge in [0.2, 0.25) is 0 Å². The van der Waals surface area contributed by atoms with Crippen LogP contribution in [0.3, 0.4) is 0 Å². The highest BCUT2D eigenvalue weighted by atomic mass is 16.5. The zero-order valence-corrected chi connectivity index (χ0v) is 12.7. The Balaban J connectivity index is 2.07. The van der Waals surface area contributed by atoms with Crippen LogP contribution in [0.2, 0.25) is 0 Å². The number of likely N-dealkylation sites (N-methyl/N-ethyl adjacent to an activating group) is 1. The number of piperidine rings is 1. The lowest BCUT2D eigenvalue weighted by molar-refractivity contribution is -0.796. The number of hydrogen-bond donors (Lipinski definition) is 0. The summed E-state index contributed by atoms with van der Waals surface area (Å²) < 4.78 is 6.71. The second-order valence-corrected chi connectivity index (χ2v) is 6.87.